The topological polar surface area (TPSA) is 140 Å². The second-order valence-corrected chi connectivity index (χ2v) is 17.6. The Bertz CT molecular complexity index is 935. The van der Waals surface area contributed by atoms with Gasteiger partial charge in [-0.05, 0) is 42.4 Å². The summed E-state index contributed by atoms with van der Waals surface area (Å²) in [5.74, 6) is 0.609. The van der Waals surface area contributed by atoms with Crippen LogP contribution in [0.25, 0.3) is 0 Å². The zero-order chi connectivity index (χ0) is 37.3. The van der Waals surface area contributed by atoms with Crippen molar-refractivity contribution in [2.75, 3.05) is 151 Å². The Kier molecular flexibility index (Phi) is 29.5. The van der Waals surface area contributed by atoms with Gasteiger partial charge in [0.15, 0.2) is 8.32 Å². The summed E-state index contributed by atoms with van der Waals surface area (Å²) in [6.07, 6.45) is 0. The number of benzene rings is 1. The maximum absolute atomic E-state index is 11.0. The van der Waals surface area contributed by atoms with Gasteiger partial charge in [0.2, 0.25) is 5.91 Å². The predicted octanol–water partition coefficient (Wildman–Crippen LogP) is 4.21. The van der Waals surface area contributed by atoms with E-state index in [0.717, 1.165) is 11.4 Å². The third kappa shape index (κ3) is 29.4. The minimum Gasteiger partial charge on any atom is -0.491 e. The smallest absolute Gasteiger partial charge is 0.221 e. The molecule has 1 rings (SSSR count). The second-order valence-electron chi connectivity index (χ2n) is 12.8. The zero-order valence-electron chi connectivity index (χ0n) is 32.2. The molecule has 0 fully saturated rings. The third-order valence-electron chi connectivity index (χ3n) is 7.52. The highest BCUT2D eigenvalue weighted by Crippen LogP contribution is 2.36. The standard InChI is InChI=1S/C36H67NO13Si/c1-33(38)37-34-7-9-35(10-8-34)49-31-29-47-27-25-45-23-21-43-19-17-41-15-13-39-11-12-40-14-16-42-18-20-44-22-24-46-26-28-48-30-32-50-51(5,6)36(2,3)4/h7-10H,11-32H2,1-6H3,(H,37,38). The fourth-order valence-electron chi connectivity index (χ4n) is 3.71. The van der Waals surface area contributed by atoms with E-state index in [1.165, 1.54) is 6.92 Å². The Morgan fingerprint density at radius 3 is 1.04 bits per heavy atom. The highest BCUT2D eigenvalue weighted by Gasteiger charge is 2.36. The Balaban J connectivity index is 1.68. The molecule has 1 aromatic rings. The number of ether oxygens (including phenoxy) is 11. The average Bonchev–Trinajstić information content (AvgIpc) is 3.08. The molecule has 0 bridgehead atoms. The van der Waals surface area contributed by atoms with Gasteiger partial charge in [0.05, 0.1) is 139 Å². The summed E-state index contributed by atoms with van der Waals surface area (Å²) in [6, 6.07) is 7.18. The van der Waals surface area contributed by atoms with Gasteiger partial charge >= 0.3 is 0 Å². The summed E-state index contributed by atoms with van der Waals surface area (Å²) < 4.78 is 66.8. The van der Waals surface area contributed by atoms with Crippen molar-refractivity contribution in [1.82, 2.24) is 0 Å². The SMILES string of the molecule is CC(=O)Nc1ccc(OCCOCCOCCOCCOCCOCCOCCOCCOCCOCCOCCO[Si](C)(C)C(C)(C)C)cc1. The molecule has 1 amide bonds. The molecule has 0 aliphatic rings. The van der Waals surface area contributed by atoms with Crippen LogP contribution in [0, 0.1) is 0 Å². The highest BCUT2D eigenvalue weighted by atomic mass is 28.4. The number of anilines is 1. The molecule has 0 atom stereocenters. The number of carbonyl (C=O) groups excluding carboxylic acids is 1. The molecular formula is C36H67NO13Si. The number of rotatable bonds is 36. The first-order valence-corrected chi connectivity index (χ1v) is 20.9. The molecule has 1 N–H and O–H groups in total. The van der Waals surface area contributed by atoms with Crippen LogP contribution < -0.4 is 10.1 Å². The molecule has 15 heteroatoms. The lowest BCUT2D eigenvalue weighted by molar-refractivity contribution is -0.114. The molecule has 0 aliphatic carbocycles. The molecule has 0 aromatic heterocycles. The Morgan fingerprint density at radius 2 is 0.765 bits per heavy atom. The molecule has 1 aromatic carbocycles. The number of amides is 1. The van der Waals surface area contributed by atoms with Crippen LogP contribution in [0.3, 0.4) is 0 Å². The van der Waals surface area contributed by atoms with E-state index < -0.39 is 8.32 Å². The molecule has 298 valence electrons. The molecule has 0 aliphatic heterocycles. The van der Waals surface area contributed by atoms with Gasteiger partial charge < -0.3 is 61.8 Å². The summed E-state index contributed by atoms with van der Waals surface area (Å²) in [6.45, 7) is 23.9. The Labute approximate surface area is 307 Å². The lowest BCUT2D eigenvalue weighted by atomic mass is 10.2. The first-order valence-electron chi connectivity index (χ1n) is 18.0. The normalized spacial score (nSPS) is 12.0. The van der Waals surface area contributed by atoms with E-state index >= 15 is 0 Å². The minimum absolute atomic E-state index is 0.108. The molecule has 51 heavy (non-hydrogen) atoms. The predicted molar refractivity (Wildman–Crippen MR) is 198 cm³/mol. The summed E-state index contributed by atoms with van der Waals surface area (Å²) in [5, 5.41) is 2.92. The maximum Gasteiger partial charge on any atom is 0.221 e. The molecule has 0 spiro atoms. The molecule has 14 nitrogen and oxygen atoms in total. The summed E-state index contributed by atoms with van der Waals surface area (Å²) in [4.78, 5) is 11.0. The molecule has 0 heterocycles. The van der Waals surface area contributed by atoms with Crippen molar-refractivity contribution in [3.63, 3.8) is 0 Å². The van der Waals surface area contributed by atoms with Gasteiger partial charge in [-0.2, -0.15) is 0 Å². The van der Waals surface area contributed by atoms with Gasteiger partial charge in [0.1, 0.15) is 12.4 Å². The van der Waals surface area contributed by atoms with Gasteiger partial charge in [0.25, 0.3) is 0 Å². The Morgan fingerprint density at radius 1 is 0.490 bits per heavy atom. The monoisotopic (exact) mass is 749 g/mol. The van der Waals surface area contributed by atoms with Crippen molar-refractivity contribution >= 4 is 19.9 Å². The number of hydrogen-bond acceptors (Lipinski definition) is 13. The highest BCUT2D eigenvalue weighted by molar-refractivity contribution is 6.74. The largest absolute Gasteiger partial charge is 0.491 e. The summed E-state index contributed by atoms with van der Waals surface area (Å²) in [5.41, 5.74) is 0.732. The van der Waals surface area contributed by atoms with Crippen molar-refractivity contribution in [3.05, 3.63) is 24.3 Å². The van der Waals surface area contributed by atoms with Gasteiger partial charge in [-0.1, -0.05) is 20.8 Å². The fraction of sp³-hybridized carbons (Fsp3) is 0.806. The molecule has 0 radical (unpaired) electrons. The number of nitrogens with one attached hydrogen (secondary N) is 1. The maximum atomic E-state index is 11.0. The third-order valence-corrected chi connectivity index (χ3v) is 12.1. The van der Waals surface area contributed by atoms with E-state index in [1.54, 1.807) is 24.3 Å². The number of hydrogen-bond donors (Lipinski definition) is 1. The molecule has 0 saturated heterocycles. The van der Waals surface area contributed by atoms with E-state index in [0.29, 0.717) is 145 Å². The van der Waals surface area contributed by atoms with E-state index in [-0.39, 0.29) is 10.9 Å². The molecular weight excluding hydrogens is 682 g/mol. The van der Waals surface area contributed by atoms with Crippen LogP contribution in [0.2, 0.25) is 18.1 Å². The van der Waals surface area contributed by atoms with Gasteiger partial charge in [-0.3, -0.25) is 4.79 Å². The lowest BCUT2D eigenvalue weighted by Crippen LogP contribution is -2.41. The van der Waals surface area contributed by atoms with Crippen LogP contribution in [-0.2, 0) is 56.6 Å². The van der Waals surface area contributed by atoms with E-state index in [2.05, 4.69) is 39.2 Å². The van der Waals surface area contributed by atoms with Crippen molar-refractivity contribution in [2.45, 2.75) is 45.8 Å². The van der Waals surface area contributed by atoms with Crippen LogP contribution in [0.15, 0.2) is 24.3 Å². The van der Waals surface area contributed by atoms with E-state index in [1.807, 2.05) is 0 Å². The van der Waals surface area contributed by atoms with Crippen LogP contribution >= 0.6 is 0 Å². The second kappa shape index (κ2) is 31.8. The zero-order valence-corrected chi connectivity index (χ0v) is 33.2. The van der Waals surface area contributed by atoms with Crippen molar-refractivity contribution in [1.29, 1.82) is 0 Å². The lowest BCUT2D eigenvalue weighted by Gasteiger charge is -2.36. The first-order chi connectivity index (χ1) is 24.6. The van der Waals surface area contributed by atoms with Crippen LogP contribution in [-0.4, -0.2) is 160 Å². The van der Waals surface area contributed by atoms with Crippen LogP contribution in [0.1, 0.15) is 27.7 Å². The fourth-order valence-corrected chi connectivity index (χ4v) is 4.74. The summed E-state index contributed by atoms with van der Waals surface area (Å²) in [7, 11) is -1.70. The first kappa shape index (κ1) is 47.3. The van der Waals surface area contributed by atoms with Crippen LogP contribution in [0.5, 0.6) is 5.75 Å². The molecule has 0 unspecified atom stereocenters. The van der Waals surface area contributed by atoms with E-state index in [4.69, 9.17) is 56.5 Å². The minimum atomic E-state index is -1.70. The number of carbonyl (C=O) groups is 1. The van der Waals surface area contributed by atoms with Crippen molar-refractivity contribution in [3.8, 4) is 5.75 Å². The Hall–Kier alpha value is -1.73. The summed E-state index contributed by atoms with van der Waals surface area (Å²) >= 11 is 0. The van der Waals surface area contributed by atoms with Crippen molar-refractivity contribution < 1.29 is 61.3 Å². The molecule has 0 saturated carbocycles. The van der Waals surface area contributed by atoms with Gasteiger partial charge in [-0.25, -0.2) is 0 Å². The van der Waals surface area contributed by atoms with Crippen LogP contribution in [0.4, 0.5) is 5.69 Å². The van der Waals surface area contributed by atoms with Gasteiger partial charge in [0, 0.05) is 12.6 Å². The average molecular weight is 750 g/mol. The quantitative estimate of drug-likeness (QED) is 0.0775. The van der Waals surface area contributed by atoms with Crippen molar-refractivity contribution in [2.24, 2.45) is 0 Å². The van der Waals surface area contributed by atoms with Gasteiger partial charge in [-0.15, -0.1) is 0 Å². The van der Waals surface area contributed by atoms with E-state index in [9.17, 15) is 4.79 Å².